The van der Waals surface area contributed by atoms with E-state index in [0.717, 1.165) is 39.3 Å². The van der Waals surface area contributed by atoms with Crippen molar-refractivity contribution in [2.45, 2.75) is 20.4 Å². The van der Waals surface area contributed by atoms with E-state index in [-0.39, 0.29) is 0 Å². The highest BCUT2D eigenvalue weighted by atomic mass is 79.9. The minimum Gasteiger partial charge on any atom is -0.496 e. The molecule has 21 heavy (non-hydrogen) atoms. The van der Waals surface area contributed by atoms with E-state index in [1.54, 1.807) is 7.11 Å². The SMILES string of the molecule is CCn1nc(C)c2[nH]c(=S)n(-c3ccc(OC)c(Br)c3)c21. The smallest absolute Gasteiger partial charge is 0.184 e. The lowest BCUT2D eigenvalue weighted by Gasteiger charge is -2.09. The molecule has 5 nitrogen and oxygen atoms in total. The highest BCUT2D eigenvalue weighted by Gasteiger charge is 2.15. The number of aromatic amines is 1. The van der Waals surface area contributed by atoms with Crippen LogP contribution in [0.4, 0.5) is 0 Å². The van der Waals surface area contributed by atoms with E-state index < -0.39 is 0 Å². The Labute approximate surface area is 135 Å². The highest BCUT2D eigenvalue weighted by Crippen LogP contribution is 2.29. The van der Waals surface area contributed by atoms with Crippen LogP contribution in [0, 0.1) is 11.7 Å². The first-order valence-electron chi connectivity index (χ1n) is 6.58. The number of nitrogens with one attached hydrogen (secondary N) is 1. The van der Waals surface area contributed by atoms with Gasteiger partial charge in [-0.25, -0.2) is 4.68 Å². The molecule has 0 unspecified atom stereocenters. The van der Waals surface area contributed by atoms with E-state index in [1.807, 2.05) is 34.4 Å². The summed E-state index contributed by atoms with van der Waals surface area (Å²) >= 11 is 9.00. The molecule has 110 valence electrons. The average molecular weight is 367 g/mol. The summed E-state index contributed by atoms with van der Waals surface area (Å²) in [6.07, 6.45) is 0. The van der Waals surface area contributed by atoms with Crippen molar-refractivity contribution >= 4 is 39.3 Å². The van der Waals surface area contributed by atoms with Gasteiger partial charge in [0.25, 0.3) is 0 Å². The molecular formula is C14H15BrN4OS. The van der Waals surface area contributed by atoms with Gasteiger partial charge in [-0.05, 0) is 60.2 Å². The standard InChI is InChI=1S/C14H15BrN4OS/c1-4-18-13-12(8(2)17-18)16-14(21)19(13)9-5-6-11(20-3)10(15)7-9/h5-7H,4H2,1-3H3,(H,16,21). The first-order chi connectivity index (χ1) is 10.1. The zero-order chi connectivity index (χ0) is 15.1. The van der Waals surface area contributed by atoms with Crippen molar-refractivity contribution in [3.05, 3.63) is 33.1 Å². The molecule has 2 heterocycles. The van der Waals surface area contributed by atoms with Crippen LogP contribution in [0.15, 0.2) is 22.7 Å². The second kappa shape index (κ2) is 5.31. The lowest BCUT2D eigenvalue weighted by molar-refractivity contribution is 0.412. The van der Waals surface area contributed by atoms with Crippen molar-refractivity contribution in [2.24, 2.45) is 0 Å². The number of hydrogen-bond donors (Lipinski definition) is 1. The third-order valence-corrected chi connectivity index (χ3v) is 4.34. The van der Waals surface area contributed by atoms with Crippen LogP contribution >= 0.6 is 28.1 Å². The summed E-state index contributed by atoms with van der Waals surface area (Å²) in [5.74, 6) is 0.789. The molecule has 0 aliphatic carbocycles. The summed E-state index contributed by atoms with van der Waals surface area (Å²) < 4.78 is 10.8. The Morgan fingerprint density at radius 1 is 1.43 bits per heavy atom. The Morgan fingerprint density at radius 2 is 2.19 bits per heavy atom. The molecule has 0 fully saturated rings. The molecule has 0 saturated heterocycles. The molecule has 0 amide bonds. The number of aryl methyl sites for hydroxylation is 2. The van der Waals surface area contributed by atoms with Crippen molar-refractivity contribution in [3.8, 4) is 11.4 Å². The van der Waals surface area contributed by atoms with Crippen molar-refractivity contribution < 1.29 is 4.74 Å². The topological polar surface area (TPSA) is 47.8 Å². The third-order valence-electron chi connectivity index (χ3n) is 3.44. The van der Waals surface area contributed by atoms with Crippen LogP contribution in [0.25, 0.3) is 16.9 Å². The van der Waals surface area contributed by atoms with Crippen molar-refractivity contribution in [3.63, 3.8) is 0 Å². The second-order valence-corrected chi connectivity index (χ2v) is 5.93. The van der Waals surface area contributed by atoms with Gasteiger partial charge in [0.2, 0.25) is 0 Å². The summed E-state index contributed by atoms with van der Waals surface area (Å²) in [6, 6.07) is 5.89. The van der Waals surface area contributed by atoms with Gasteiger partial charge in [0.1, 0.15) is 11.3 Å². The molecule has 0 spiro atoms. The maximum atomic E-state index is 5.48. The maximum absolute atomic E-state index is 5.48. The van der Waals surface area contributed by atoms with Gasteiger partial charge in [0.05, 0.1) is 23.0 Å². The van der Waals surface area contributed by atoms with E-state index in [0.29, 0.717) is 4.77 Å². The van der Waals surface area contributed by atoms with Crippen LogP contribution in [0.3, 0.4) is 0 Å². The first kappa shape index (κ1) is 14.3. The maximum Gasteiger partial charge on any atom is 0.184 e. The minimum atomic E-state index is 0.657. The van der Waals surface area contributed by atoms with Gasteiger partial charge in [-0.15, -0.1) is 0 Å². The zero-order valence-corrected chi connectivity index (χ0v) is 14.4. The molecule has 3 aromatic rings. The monoisotopic (exact) mass is 366 g/mol. The number of aromatic nitrogens is 4. The number of fused-ring (bicyclic) bond motifs is 1. The Morgan fingerprint density at radius 3 is 2.81 bits per heavy atom. The van der Waals surface area contributed by atoms with Gasteiger partial charge in [-0.1, -0.05) is 0 Å². The van der Waals surface area contributed by atoms with E-state index in [2.05, 4.69) is 32.9 Å². The van der Waals surface area contributed by atoms with Crippen LogP contribution in [0.5, 0.6) is 5.75 Å². The summed E-state index contributed by atoms with van der Waals surface area (Å²) in [4.78, 5) is 3.24. The predicted octanol–water partition coefficient (Wildman–Crippen LogP) is 3.98. The number of rotatable bonds is 3. The molecule has 0 aliphatic heterocycles. The molecular weight excluding hydrogens is 352 g/mol. The van der Waals surface area contributed by atoms with Gasteiger partial charge in [-0.2, -0.15) is 5.10 Å². The van der Waals surface area contributed by atoms with E-state index in [4.69, 9.17) is 17.0 Å². The quantitative estimate of drug-likeness (QED) is 0.713. The van der Waals surface area contributed by atoms with Crippen LogP contribution in [-0.4, -0.2) is 26.4 Å². The van der Waals surface area contributed by atoms with E-state index >= 15 is 0 Å². The third kappa shape index (κ3) is 2.20. The zero-order valence-electron chi connectivity index (χ0n) is 12.0. The van der Waals surface area contributed by atoms with Crippen molar-refractivity contribution in [1.29, 1.82) is 0 Å². The van der Waals surface area contributed by atoms with Crippen LogP contribution in [-0.2, 0) is 6.54 Å². The number of methoxy groups -OCH3 is 1. The molecule has 0 radical (unpaired) electrons. The molecule has 0 aliphatic rings. The molecule has 3 rings (SSSR count). The number of hydrogen-bond acceptors (Lipinski definition) is 3. The fraction of sp³-hybridized carbons (Fsp3) is 0.286. The fourth-order valence-electron chi connectivity index (χ4n) is 2.46. The summed E-state index contributed by atoms with van der Waals surface area (Å²) in [5, 5.41) is 4.53. The minimum absolute atomic E-state index is 0.657. The van der Waals surface area contributed by atoms with Crippen LogP contribution in [0.2, 0.25) is 0 Å². The van der Waals surface area contributed by atoms with Gasteiger partial charge in [-0.3, -0.25) is 4.57 Å². The first-order valence-corrected chi connectivity index (χ1v) is 7.79. The van der Waals surface area contributed by atoms with E-state index in [1.165, 1.54) is 0 Å². The number of halogens is 1. The van der Waals surface area contributed by atoms with Crippen LogP contribution < -0.4 is 4.74 Å². The number of imidazole rings is 1. The Bertz CT molecular complexity index is 877. The fourth-order valence-corrected chi connectivity index (χ4v) is 3.28. The lowest BCUT2D eigenvalue weighted by Crippen LogP contribution is -2.03. The second-order valence-electron chi connectivity index (χ2n) is 4.68. The highest BCUT2D eigenvalue weighted by molar-refractivity contribution is 9.10. The summed E-state index contributed by atoms with van der Waals surface area (Å²) in [6.45, 7) is 4.83. The molecule has 1 aromatic carbocycles. The Hall–Kier alpha value is -1.60. The molecule has 7 heteroatoms. The number of nitrogens with zero attached hydrogens (tertiary/aromatic N) is 3. The number of ether oxygens (including phenoxy) is 1. The van der Waals surface area contributed by atoms with Crippen LogP contribution in [0.1, 0.15) is 12.6 Å². The average Bonchev–Trinajstić information content (AvgIpc) is 2.95. The number of benzene rings is 1. The Balaban J connectivity index is 2.31. The van der Waals surface area contributed by atoms with Crippen molar-refractivity contribution in [2.75, 3.05) is 7.11 Å². The van der Waals surface area contributed by atoms with Gasteiger partial charge >= 0.3 is 0 Å². The molecule has 1 N–H and O–H groups in total. The molecule has 2 aromatic heterocycles. The molecule has 0 bridgehead atoms. The van der Waals surface area contributed by atoms with E-state index in [9.17, 15) is 0 Å². The molecule has 0 saturated carbocycles. The normalized spacial score (nSPS) is 11.2. The van der Waals surface area contributed by atoms with Gasteiger partial charge < -0.3 is 9.72 Å². The number of H-pyrrole nitrogens is 1. The summed E-state index contributed by atoms with van der Waals surface area (Å²) in [7, 11) is 1.65. The largest absolute Gasteiger partial charge is 0.496 e. The van der Waals surface area contributed by atoms with Gasteiger partial charge in [0, 0.05) is 6.54 Å². The van der Waals surface area contributed by atoms with Crippen molar-refractivity contribution in [1.82, 2.24) is 19.3 Å². The van der Waals surface area contributed by atoms with Gasteiger partial charge in [0.15, 0.2) is 10.4 Å². The Kier molecular flexibility index (Phi) is 3.62. The molecule has 0 atom stereocenters. The predicted molar refractivity (Wildman–Crippen MR) is 88.9 cm³/mol. The lowest BCUT2D eigenvalue weighted by atomic mass is 10.3. The summed E-state index contributed by atoms with van der Waals surface area (Å²) in [5.41, 5.74) is 3.88.